The summed E-state index contributed by atoms with van der Waals surface area (Å²) in [6.45, 7) is 13.4. The van der Waals surface area contributed by atoms with E-state index in [1.54, 1.807) is 37.8 Å². The van der Waals surface area contributed by atoms with Gasteiger partial charge in [0.2, 0.25) is 23.6 Å². The Labute approximate surface area is 427 Å². The first-order chi connectivity index (χ1) is 34.5. The molecule has 4 amide bonds. The lowest BCUT2D eigenvalue weighted by molar-refractivity contribution is -0.144. The number of alkyl halides is 3. The van der Waals surface area contributed by atoms with E-state index in [0.29, 0.717) is 66.2 Å². The van der Waals surface area contributed by atoms with E-state index >= 15 is 0 Å². The van der Waals surface area contributed by atoms with Crippen LogP contribution < -0.4 is 26.4 Å². The van der Waals surface area contributed by atoms with Crippen molar-refractivity contribution >= 4 is 57.4 Å². The largest absolute Gasteiger partial charge is 0.496 e. The summed E-state index contributed by atoms with van der Waals surface area (Å²) in [7, 11) is 1.58. The Morgan fingerprint density at radius 3 is 2.30 bits per heavy atom. The molecule has 0 spiro atoms. The molecule has 0 bridgehead atoms. The third-order valence-electron chi connectivity index (χ3n) is 13.6. The molecule has 6 N–H and O–H groups in total. The zero-order valence-corrected chi connectivity index (χ0v) is 43.4. The highest BCUT2D eigenvalue weighted by atomic mass is 32.1. The molecule has 0 aliphatic carbocycles. The number of aryl methyl sites for hydroxylation is 2. The minimum Gasteiger partial charge on any atom is -0.496 e. The van der Waals surface area contributed by atoms with Gasteiger partial charge in [0.1, 0.15) is 36.1 Å². The number of nitrogens with two attached hydrogens (primary N) is 1. The highest BCUT2D eigenvalue weighted by Gasteiger charge is 2.45. The van der Waals surface area contributed by atoms with Crippen LogP contribution in [0.15, 0.2) is 60.1 Å². The average molecular weight is 1030 g/mol. The van der Waals surface area contributed by atoms with E-state index in [9.17, 15) is 37.5 Å². The quantitative estimate of drug-likeness (QED) is 0.0442. The molecule has 5 unspecified atom stereocenters. The molecular weight excluding hydrogens is 964 g/mol. The van der Waals surface area contributed by atoms with Crippen molar-refractivity contribution in [3.05, 3.63) is 93.9 Å². The molecule has 2 fully saturated rings. The summed E-state index contributed by atoms with van der Waals surface area (Å²) < 4.78 is 52.4. The summed E-state index contributed by atoms with van der Waals surface area (Å²) in [5.41, 5.74) is 10.8. The molecule has 2 aromatic heterocycles. The SMILES string of the molecule is COc1cc2nc(C)nc(NC(C)c3cc(N)cc(C(F)(F)F)c3)c2cc1C1CCN(C(=O)CCCOCC(=O)NC(C(=O)N2CC(O)CC2C(=O)NC(C)c2ccc(-c3scnc3C)cc2)C(C)(C)C)CC1. The predicted molar refractivity (Wildman–Crippen MR) is 274 cm³/mol. The van der Waals surface area contributed by atoms with E-state index in [2.05, 4.69) is 30.9 Å². The van der Waals surface area contributed by atoms with Crippen molar-refractivity contribution in [1.82, 2.24) is 35.4 Å². The average Bonchev–Trinajstić information content (AvgIpc) is 3.96. The second-order valence-corrected chi connectivity index (χ2v) is 21.0. The van der Waals surface area contributed by atoms with Crippen molar-refractivity contribution in [2.75, 3.05) is 51.0 Å². The number of nitrogens with one attached hydrogen (secondary N) is 3. The summed E-state index contributed by atoms with van der Waals surface area (Å²) in [5, 5.41) is 20.4. The number of anilines is 2. The first kappa shape index (κ1) is 54.4. The number of ether oxygens (including phenoxy) is 2. The molecule has 4 heterocycles. The van der Waals surface area contributed by atoms with Gasteiger partial charge in [-0.1, -0.05) is 45.0 Å². The number of aromatic nitrogens is 3. The van der Waals surface area contributed by atoms with Crippen molar-refractivity contribution in [2.24, 2.45) is 5.41 Å². The number of β-amino-alcohol motifs (C(OH)–C–C–N with tert-alkyl or cyclic N) is 1. The number of piperidine rings is 1. The van der Waals surface area contributed by atoms with Crippen LogP contribution >= 0.6 is 11.3 Å². The Kier molecular flexibility index (Phi) is 17.0. The van der Waals surface area contributed by atoms with E-state index in [4.69, 9.17) is 15.2 Å². The highest BCUT2D eigenvalue weighted by Crippen LogP contribution is 2.40. The Morgan fingerprint density at radius 2 is 1.66 bits per heavy atom. The second kappa shape index (κ2) is 22.8. The lowest BCUT2D eigenvalue weighted by Crippen LogP contribution is -2.58. The van der Waals surface area contributed by atoms with Gasteiger partial charge in [-0.3, -0.25) is 19.2 Å². The number of nitrogen functional groups attached to an aromatic ring is 1. The summed E-state index contributed by atoms with van der Waals surface area (Å²) in [5.74, 6) is 0.114. The third kappa shape index (κ3) is 13.2. The van der Waals surface area contributed by atoms with Gasteiger partial charge >= 0.3 is 6.18 Å². The minimum absolute atomic E-state index is 0.000836. The summed E-state index contributed by atoms with van der Waals surface area (Å²) in [4.78, 5) is 72.2. The lowest BCUT2D eigenvalue weighted by atomic mass is 9.85. The maximum atomic E-state index is 14.1. The van der Waals surface area contributed by atoms with Crippen LogP contribution in [0.5, 0.6) is 5.75 Å². The minimum atomic E-state index is -4.56. The van der Waals surface area contributed by atoms with E-state index < -0.39 is 59.1 Å². The summed E-state index contributed by atoms with van der Waals surface area (Å²) in [6, 6.07) is 12.2. The molecule has 0 saturated carbocycles. The smallest absolute Gasteiger partial charge is 0.416 e. The first-order valence-corrected chi connectivity index (χ1v) is 25.4. The number of fused-ring (bicyclic) bond motifs is 1. The summed E-state index contributed by atoms with van der Waals surface area (Å²) in [6.07, 6.45) is -3.55. The number of likely N-dealkylation sites (tertiary alicyclic amines) is 2. The van der Waals surface area contributed by atoms with E-state index in [0.717, 1.165) is 39.4 Å². The van der Waals surface area contributed by atoms with Crippen LogP contribution in [-0.4, -0.2) is 112 Å². The van der Waals surface area contributed by atoms with E-state index in [1.807, 2.05) is 75.9 Å². The lowest BCUT2D eigenvalue weighted by Gasteiger charge is -2.35. The van der Waals surface area contributed by atoms with Crippen LogP contribution in [0.4, 0.5) is 24.7 Å². The topological polar surface area (TPSA) is 214 Å². The van der Waals surface area contributed by atoms with Gasteiger partial charge in [-0.25, -0.2) is 15.0 Å². The third-order valence-corrected chi connectivity index (χ3v) is 14.6. The Morgan fingerprint density at radius 1 is 0.945 bits per heavy atom. The van der Waals surface area contributed by atoms with Gasteiger partial charge in [0.15, 0.2) is 0 Å². The number of methoxy groups -OCH3 is 1. The molecule has 2 saturated heterocycles. The number of hydrogen-bond donors (Lipinski definition) is 5. The number of amides is 4. The monoisotopic (exact) mass is 1030 g/mol. The number of benzene rings is 3. The van der Waals surface area contributed by atoms with Crippen molar-refractivity contribution in [2.45, 2.75) is 123 Å². The van der Waals surface area contributed by atoms with Crippen LogP contribution in [0.3, 0.4) is 0 Å². The Balaban J connectivity index is 0.883. The maximum Gasteiger partial charge on any atom is 0.416 e. The van der Waals surface area contributed by atoms with Crippen LogP contribution in [0.2, 0.25) is 0 Å². The Bertz CT molecular complexity index is 2790. The number of nitrogens with zero attached hydrogens (tertiary/aromatic N) is 5. The molecule has 5 atom stereocenters. The number of aliphatic hydroxyl groups excluding tert-OH is 1. The molecular formula is C53H66F3N9O7S. The van der Waals surface area contributed by atoms with Crippen molar-refractivity contribution in [3.8, 4) is 16.2 Å². The molecule has 3 aromatic carbocycles. The molecule has 20 heteroatoms. The number of thiazole rings is 1. The van der Waals surface area contributed by atoms with Crippen molar-refractivity contribution in [3.63, 3.8) is 0 Å². The number of carbonyl (C=O) groups excluding carboxylic acids is 4. The number of carbonyl (C=O) groups is 4. The van der Waals surface area contributed by atoms with Crippen molar-refractivity contribution < 1.29 is 46.9 Å². The molecule has 5 aromatic rings. The van der Waals surface area contributed by atoms with E-state index in [-0.39, 0.29) is 56.2 Å². The predicted octanol–water partition coefficient (Wildman–Crippen LogP) is 8.03. The van der Waals surface area contributed by atoms with Gasteiger partial charge < -0.3 is 46.1 Å². The van der Waals surface area contributed by atoms with Crippen molar-refractivity contribution in [1.29, 1.82) is 0 Å². The van der Waals surface area contributed by atoms with Crippen LogP contribution in [0.25, 0.3) is 21.3 Å². The van der Waals surface area contributed by atoms with E-state index in [1.165, 1.54) is 11.0 Å². The fourth-order valence-electron chi connectivity index (χ4n) is 9.58. The number of halogens is 3. The zero-order chi connectivity index (χ0) is 52.9. The van der Waals surface area contributed by atoms with Crippen LogP contribution in [0, 0.1) is 19.3 Å². The molecule has 392 valence electrons. The maximum absolute atomic E-state index is 14.1. The van der Waals surface area contributed by atoms with Gasteiger partial charge in [-0.05, 0) is 105 Å². The van der Waals surface area contributed by atoms with Gasteiger partial charge in [-0.2, -0.15) is 13.2 Å². The standard InChI is InChI=1S/C53H66F3N9O7S/c1-29(33-11-13-35(14-12-33)47-31(3)58-28-73-47)60-50(69)43-23-39(66)26-65(43)51(70)48(52(5,6)7)63-45(67)27-72-19-9-10-46(68)64-17-15-34(16-18-64)40-24-41-42(25-44(40)71-8)61-32(4)62-49(41)59-30(2)36-20-37(53(54,55)56)22-38(57)21-36/h11-14,20-22,24-25,28-30,34,39,43,48,66H,9-10,15-19,23,26-27,57H2,1-8H3,(H,60,69)(H,63,67)(H,59,61,62). The number of aliphatic hydroxyl groups is 1. The fraction of sp³-hybridized carbons (Fsp3) is 0.491. The normalized spacial score (nSPS) is 17.8. The van der Waals surface area contributed by atoms with Gasteiger partial charge in [0.25, 0.3) is 0 Å². The van der Waals surface area contributed by atoms with Gasteiger partial charge in [-0.15, -0.1) is 11.3 Å². The summed E-state index contributed by atoms with van der Waals surface area (Å²) >= 11 is 1.56. The molecule has 2 aliphatic heterocycles. The van der Waals surface area contributed by atoms with Crippen LogP contribution in [-0.2, 0) is 30.1 Å². The molecule has 16 nitrogen and oxygen atoms in total. The molecule has 73 heavy (non-hydrogen) atoms. The first-order valence-electron chi connectivity index (χ1n) is 24.5. The highest BCUT2D eigenvalue weighted by molar-refractivity contribution is 7.13. The fourth-order valence-corrected chi connectivity index (χ4v) is 10.4. The Hall–Kier alpha value is -6.38. The molecule has 0 radical (unpaired) electrons. The number of hydrogen-bond acceptors (Lipinski definition) is 13. The number of rotatable bonds is 17. The second-order valence-electron chi connectivity index (χ2n) is 20.2. The van der Waals surface area contributed by atoms with Gasteiger partial charge in [0.05, 0.1) is 52.5 Å². The molecule has 7 rings (SSSR count). The zero-order valence-electron chi connectivity index (χ0n) is 42.6. The van der Waals surface area contributed by atoms with Gasteiger partial charge in [0, 0.05) is 56.2 Å². The molecule has 2 aliphatic rings. The van der Waals surface area contributed by atoms with Crippen LogP contribution in [0.1, 0.15) is 118 Å².